The van der Waals surface area contributed by atoms with Crippen molar-refractivity contribution in [2.45, 2.75) is 64.3 Å². The highest BCUT2D eigenvalue weighted by molar-refractivity contribution is 5.78. The summed E-state index contributed by atoms with van der Waals surface area (Å²) < 4.78 is 0. The minimum absolute atomic E-state index is 0.170. The first kappa shape index (κ1) is 12.9. The Morgan fingerprint density at radius 1 is 1.29 bits per heavy atom. The normalized spacial score (nSPS) is 32.4. The van der Waals surface area contributed by atoms with E-state index in [9.17, 15) is 4.79 Å². The van der Waals surface area contributed by atoms with Crippen LogP contribution in [0.2, 0.25) is 0 Å². The minimum atomic E-state index is 0.170. The number of carbonyl (C=O) groups is 1. The van der Waals surface area contributed by atoms with Gasteiger partial charge in [0, 0.05) is 18.5 Å². The Bertz CT molecular complexity index is 271. The molecule has 0 radical (unpaired) electrons. The van der Waals surface area contributed by atoms with Crippen molar-refractivity contribution in [1.82, 2.24) is 5.32 Å². The molecule has 0 bridgehead atoms. The van der Waals surface area contributed by atoms with Crippen molar-refractivity contribution >= 4 is 5.91 Å². The molecular formula is C14H26N2O. The van der Waals surface area contributed by atoms with Crippen molar-refractivity contribution in [3.63, 3.8) is 0 Å². The van der Waals surface area contributed by atoms with Gasteiger partial charge in [0.05, 0.1) is 0 Å². The Morgan fingerprint density at radius 2 is 2.00 bits per heavy atom. The smallest absolute Gasteiger partial charge is 0.223 e. The van der Waals surface area contributed by atoms with Crippen LogP contribution < -0.4 is 11.1 Å². The van der Waals surface area contributed by atoms with Crippen molar-refractivity contribution in [2.75, 3.05) is 6.54 Å². The largest absolute Gasteiger partial charge is 0.355 e. The molecule has 3 nitrogen and oxygen atoms in total. The van der Waals surface area contributed by atoms with E-state index in [0.29, 0.717) is 5.41 Å². The number of nitrogens with one attached hydrogen (secondary N) is 1. The van der Waals surface area contributed by atoms with E-state index in [2.05, 4.69) is 12.2 Å². The monoisotopic (exact) mass is 238 g/mol. The fraction of sp³-hybridized carbons (Fsp3) is 0.929. The van der Waals surface area contributed by atoms with E-state index in [1.165, 1.54) is 25.7 Å². The van der Waals surface area contributed by atoms with Crippen LogP contribution in [-0.2, 0) is 4.79 Å². The Kier molecular flexibility index (Phi) is 4.08. The van der Waals surface area contributed by atoms with Gasteiger partial charge in [-0.05, 0) is 37.5 Å². The summed E-state index contributed by atoms with van der Waals surface area (Å²) in [6, 6.07) is 0.238. The van der Waals surface area contributed by atoms with Gasteiger partial charge in [-0.2, -0.15) is 0 Å². The van der Waals surface area contributed by atoms with E-state index >= 15 is 0 Å². The first-order valence-corrected chi connectivity index (χ1v) is 7.12. The highest BCUT2D eigenvalue weighted by Crippen LogP contribution is 2.36. The molecule has 2 rings (SSSR count). The molecule has 3 heteroatoms. The van der Waals surface area contributed by atoms with E-state index in [-0.39, 0.29) is 17.9 Å². The van der Waals surface area contributed by atoms with Crippen LogP contribution in [0.3, 0.4) is 0 Å². The lowest BCUT2D eigenvalue weighted by molar-refractivity contribution is -0.126. The molecule has 2 unspecified atom stereocenters. The van der Waals surface area contributed by atoms with Crippen LogP contribution in [0, 0.1) is 11.3 Å². The third kappa shape index (κ3) is 3.44. The van der Waals surface area contributed by atoms with E-state index < -0.39 is 0 Å². The fourth-order valence-electron chi connectivity index (χ4n) is 3.32. The highest BCUT2D eigenvalue weighted by atomic mass is 16.1. The molecule has 2 aliphatic carbocycles. The summed E-state index contributed by atoms with van der Waals surface area (Å²) in [5.41, 5.74) is 6.28. The third-order valence-corrected chi connectivity index (χ3v) is 4.59. The standard InChI is InChI=1S/C14H26N2O/c1-14(7-2-3-8-14)10-16-13(17)11-5-4-6-12(15)9-11/h11-12H,2-10,15H2,1H3,(H,16,17). The van der Waals surface area contributed by atoms with Gasteiger partial charge in [0.1, 0.15) is 0 Å². The lowest BCUT2D eigenvalue weighted by atomic mass is 9.84. The Hall–Kier alpha value is -0.570. The van der Waals surface area contributed by atoms with Gasteiger partial charge in [-0.3, -0.25) is 4.79 Å². The van der Waals surface area contributed by atoms with Crippen LogP contribution in [0.4, 0.5) is 0 Å². The summed E-state index contributed by atoms with van der Waals surface area (Å²) >= 11 is 0. The fourth-order valence-corrected chi connectivity index (χ4v) is 3.32. The van der Waals surface area contributed by atoms with Crippen molar-refractivity contribution in [3.05, 3.63) is 0 Å². The van der Waals surface area contributed by atoms with Crippen LogP contribution in [-0.4, -0.2) is 18.5 Å². The maximum Gasteiger partial charge on any atom is 0.223 e. The third-order valence-electron chi connectivity index (χ3n) is 4.59. The molecule has 0 aliphatic heterocycles. The van der Waals surface area contributed by atoms with Gasteiger partial charge < -0.3 is 11.1 Å². The second-order valence-corrected chi connectivity index (χ2v) is 6.36. The molecule has 2 atom stereocenters. The summed E-state index contributed by atoms with van der Waals surface area (Å²) in [4.78, 5) is 12.1. The van der Waals surface area contributed by atoms with Crippen LogP contribution >= 0.6 is 0 Å². The van der Waals surface area contributed by atoms with Gasteiger partial charge in [-0.15, -0.1) is 0 Å². The second kappa shape index (κ2) is 5.38. The molecule has 98 valence electrons. The van der Waals surface area contributed by atoms with Gasteiger partial charge in [0.2, 0.25) is 5.91 Å². The van der Waals surface area contributed by atoms with E-state index in [1.54, 1.807) is 0 Å². The molecule has 1 amide bonds. The molecule has 0 aromatic rings. The number of amides is 1. The maximum atomic E-state index is 12.1. The van der Waals surface area contributed by atoms with Gasteiger partial charge >= 0.3 is 0 Å². The molecule has 17 heavy (non-hydrogen) atoms. The molecule has 0 saturated heterocycles. The zero-order valence-corrected chi connectivity index (χ0v) is 11.0. The van der Waals surface area contributed by atoms with Gasteiger partial charge in [-0.25, -0.2) is 0 Å². The van der Waals surface area contributed by atoms with Crippen molar-refractivity contribution in [1.29, 1.82) is 0 Å². The topological polar surface area (TPSA) is 55.1 Å². The number of nitrogens with two attached hydrogens (primary N) is 1. The SMILES string of the molecule is CC1(CNC(=O)C2CCCC(N)C2)CCCC1. The molecule has 0 spiro atoms. The predicted octanol–water partition coefficient (Wildman–Crippen LogP) is 2.20. The minimum Gasteiger partial charge on any atom is -0.355 e. The molecule has 2 aliphatic rings. The summed E-state index contributed by atoms with van der Waals surface area (Å²) in [6.45, 7) is 3.16. The molecule has 2 saturated carbocycles. The highest BCUT2D eigenvalue weighted by Gasteiger charge is 2.31. The average molecular weight is 238 g/mol. The number of carbonyl (C=O) groups excluding carboxylic acids is 1. The molecule has 0 aromatic heterocycles. The quantitative estimate of drug-likeness (QED) is 0.792. The Labute approximate surface area is 105 Å². The number of rotatable bonds is 3. The zero-order chi connectivity index (χ0) is 12.3. The van der Waals surface area contributed by atoms with Gasteiger partial charge in [-0.1, -0.05) is 26.2 Å². The second-order valence-electron chi connectivity index (χ2n) is 6.36. The van der Waals surface area contributed by atoms with Crippen molar-refractivity contribution in [2.24, 2.45) is 17.1 Å². The lowest BCUT2D eigenvalue weighted by Gasteiger charge is -2.28. The molecule has 0 heterocycles. The Morgan fingerprint density at radius 3 is 2.65 bits per heavy atom. The van der Waals surface area contributed by atoms with Gasteiger partial charge in [0.25, 0.3) is 0 Å². The average Bonchev–Trinajstić information content (AvgIpc) is 2.74. The van der Waals surface area contributed by atoms with Crippen LogP contribution in [0.5, 0.6) is 0 Å². The lowest BCUT2D eigenvalue weighted by Crippen LogP contribution is -2.41. The molecular weight excluding hydrogens is 212 g/mol. The summed E-state index contributed by atoms with van der Waals surface area (Å²) in [6.07, 6.45) is 9.26. The van der Waals surface area contributed by atoms with Crippen LogP contribution in [0.15, 0.2) is 0 Å². The predicted molar refractivity (Wildman–Crippen MR) is 69.5 cm³/mol. The molecule has 0 aromatic carbocycles. The Balaban J connectivity index is 1.76. The summed E-state index contributed by atoms with van der Waals surface area (Å²) in [5, 5.41) is 3.16. The first-order chi connectivity index (χ1) is 8.09. The van der Waals surface area contributed by atoms with Crippen LogP contribution in [0.25, 0.3) is 0 Å². The van der Waals surface area contributed by atoms with Gasteiger partial charge in [0.15, 0.2) is 0 Å². The molecule has 2 fully saturated rings. The number of hydrogen-bond donors (Lipinski definition) is 2. The first-order valence-electron chi connectivity index (χ1n) is 7.12. The van der Waals surface area contributed by atoms with E-state index in [1.807, 2.05) is 0 Å². The number of hydrogen-bond acceptors (Lipinski definition) is 2. The van der Waals surface area contributed by atoms with Crippen molar-refractivity contribution < 1.29 is 4.79 Å². The van der Waals surface area contributed by atoms with Crippen molar-refractivity contribution in [3.8, 4) is 0 Å². The maximum absolute atomic E-state index is 12.1. The zero-order valence-electron chi connectivity index (χ0n) is 11.0. The van der Waals surface area contributed by atoms with E-state index in [4.69, 9.17) is 5.73 Å². The van der Waals surface area contributed by atoms with Crippen LogP contribution in [0.1, 0.15) is 58.3 Å². The summed E-state index contributed by atoms with van der Waals surface area (Å²) in [5.74, 6) is 0.414. The van der Waals surface area contributed by atoms with E-state index in [0.717, 1.165) is 32.2 Å². The molecule has 3 N–H and O–H groups in total. The summed E-state index contributed by atoms with van der Waals surface area (Å²) in [7, 11) is 0.